The van der Waals surface area contributed by atoms with Gasteiger partial charge < -0.3 is 15.4 Å². The van der Waals surface area contributed by atoms with Crippen LogP contribution in [0.1, 0.15) is 52.4 Å². The Morgan fingerprint density at radius 3 is 2.71 bits per heavy atom. The molecule has 156 valence electrons. The van der Waals surface area contributed by atoms with E-state index in [4.69, 9.17) is 10.5 Å². The summed E-state index contributed by atoms with van der Waals surface area (Å²) in [5.41, 5.74) is 6.13. The first-order valence-corrected chi connectivity index (χ1v) is 10.6. The fourth-order valence-corrected chi connectivity index (χ4v) is 4.50. The molecule has 2 aliphatic rings. The quantitative estimate of drug-likeness (QED) is 0.800. The van der Waals surface area contributed by atoms with Gasteiger partial charge in [-0.2, -0.15) is 0 Å². The summed E-state index contributed by atoms with van der Waals surface area (Å²) in [5.74, 6) is 1.44. The van der Waals surface area contributed by atoms with Crippen LogP contribution >= 0.6 is 0 Å². The van der Waals surface area contributed by atoms with Crippen LogP contribution in [0.4, 0.5) is 0 Å². The van der Waals surface area contributed by atoms with E-state index in [1.54, 1.807) is 0 Å². The molecule has 1 aliphatic carbocycles. The van der Waals surface area contributed by atoms with Gasteiger partial charge in [-0.3, -0.25) is 14.2 Å². The molecular formula is C21H34N4O3. The van der Waals surface area contributed by atoms with E-state index < -0.39 is 0 Å². The Kier molecular flexibility index (Phi) is 7.24. The van der Waals surface area contributed by atoms with Gasteiger partial charge in [-0.1, -0.05) is 13.8 Å². The molecule has 7 heteroatoms. The second-order valence-corrected chi connectivity index (χ2v) is 8.62. The van der Waals surface area contributed by atoms with Gasteiger partial charge in [0.1, 0.15) is 6.54 Å². The molecule has 2 fully saturated rings. The number of aromatic nitrogens is 2. The van der Waals surface area contributed by atoms with Crippen molar-refractivity contribution in [2.75, 3.05) is 13.2 Å². The van der Waals surface area contributed by atoms with Crippen molar-refractivity contribution >= 4 is 5.91 Å². The van der Waals surface area contributed by atoms with E-state index in [1.165, 1.54) is 36.0 Å². The molecular weight excluding hydrogens is 356 g/mol. The zero-order valence-corrected chi connectivity index (χ0v) is 17.1. The number of piperidine rings is 1. The van der Waals surface area contributed by atoms with Crippen LogP contribution in [0.3, 0.4) is 0 Å². The summed E-state index contributed by atoms with van der Waals surface area (Å²) in [6.07, 6.45) is 9.48. The van der Waals surface area contributed by atoms with Crippen molar-refractivity contribution < 1.29 is 9.53 Å². The van der Waals surface area contributed by atoms with Gasteiger partial charge in [0, 0.05) is 24.8 Å². The molecule has 1 saturated heterocycles. The highest BCUT2D eigenvalue weighted by molar-refractivity contribution is 5.76. The zero-order valence-electron chi connectivity index (χ0n) is 17.1. The van der Waals surface area contributed by atoms with Crippen LogP contribution in [0.2, 0.25) is 0 Å². The van der Waals surface area contributed by atoms with Gasteiger partial charge in [0.25, 0.3) is 5.56 Å². The lowest BCUT2D eigenvalue weighted by molar-refractivity contribution is -0.139. The monoisotopic (exact) mass is 390 g/mol. The predicted molar refractivity (Wildman–Crippen MR) is 108 cm³/mol. The van der Waals surface area contributed by atoms with E-state index in [2.05, 4.69) is 18.8 Å². The van der Waals surface area contributed by atoms with E-state index >= 15 is 0 Å². The van der Waals surface area contributed by atoms with E-state index in [1.807, 2.05) is 4.90 Å². The fraction of sp³-hybridized carbons (Fsp3) is 0.762. The predicted octanol–water partition coefficient (Wildman–Crippen LogP) is 1.79. The second kappa shape index (κ2) is 9.65. The van der Waals surface area contributed by atoms with Gasteiger partial charge in [-0.25, -0.2) is 4.98 Å². The topological polar surface area (TPSA) is 90.4 Å². The molecule has 1 amide bonds. The minimum atomic E-state index is -0.223. The minimum absolute atomic E-state index is 0.00457. The molecule has 2 heterocycles. The Morgan fingerprint density at radius 1 is 1.29 bits per heavy atom. The molecule has 1 aromatic heterocycles. The van der Waals surface area contributed by atoms with Crippen LogP contribution in [-0.4, -0.2) is 51.7 Å². The van der Waals surface area contributed by atoms with Crippen LogP contribution in [-0.2, 0) is 16.1 Å². The van der Waals surface area contributed by atoms with Crippen molar-refractivity contribution in [1.29, 1.82) is 0 Å². The Hall–Kier alpha value is -1.73. The maximum Gasteiger partial charge on any atom is 0.253 e. The Bertz CT molecular complexity index is 697. The number of nitrogens with two attached hydrogens (primary N) is 1. The highest BCUT2D eigenvalue weighted by Crippen LogP contribution is 2.31. The molecule has 1 unspecified atom stereocenters. The van der Waals surface area contributed by atoms with Gasteiger partial charge in [0.2, 0.25) is 5.91 Å². The average Bonchev–Trinajstić information content (AvgIpc) is 2.69. The third-order valence-corrected chi connectivity index (χ3v) is 6.41. The first-order chi connectivity index (χ1) is 13.5. The SMILES string of the molecule is CC(C)[C@H]1CC[C@@H](OC[C@H]2C(N)CCCN2C(=O)Cn2cnccc2=O)CC1. The standard InChI is InChI=1S/C21H34N4O3/c1-15(2)16-5-7-17(8-6-16)28-13-19-18(22)4-3-11-25(19)21(27)12-24-14-23-10-9-20(24)26/h9-10,14-19H,3-8,11-13,22H2,1-2H3/t16-,17+,18?,19-/m0/s1. The Labute approximate surface area is 167 Å². The van der Waals surface area contributed by atoms with E-state index in [0.717, 1.165) is 37.5 Å². The Morgan fingerprint density at radius 2 is 2.04 bits per heavy atom. The molecule has 28 heavy (non-hydrogen) atoms. The number of rotatable bonds is 6. The lowest BCUT2D eigenvalue weighted by atomic mass is 9.80. The highest BCUT2D eigenvalue weighted by atomic mass is 16.5. The minimum Gasteiger partial charge on any atom is -0.376 e. The molecule has 1 saturated carbocycles. The van der Waals surface area contributed by atoms with Crippen molar-refractivity contribution in [3.63, 3.8) is 0 Å². The van der Waals surface area contributed by atoms with Crippen LogP contribution in [0.25, 0.3) is 0 Å². The number of carbonyl (C=O) groups excluding carboxylic acids is 1. The summed E-state index contributed by atoms with van der Waals surface area (Å²) >= 11 is 0. The maximum atomic E-state index is 12.9. The number of amides is 1. The van der Waals surface area contributed by atoms with Crippen molar-refractivity contribution in [2.45, 2.75) is 77.1 Å². The van der Waals surface area contributed by atoms with Crippen molar-refractivity contribution in [3.8, 4) is 0 Å². The zero-order chi connectivity index (χ0) is 20.1. The van der Waals surface area contributed by atoms with Crippen LogP contribution < -0.4 is 11.3 Å². The average molecular weight is 391 g/mol. The van der Waals surface area contributed by atoms with E-state index in [0.29, 0.717) is 13.2 Å². The molecule has 7 nitrogen and oxygen atoms in total. The summed E-state index contributed by atoms with van der Waals surface area (Å²) in [6.45, 7) is 5.73. The third kappa shape index (κ3) is 5.20. The van der Waals surface area contributed by atoms with E-state index in [9.17, 15) is 9.59 Å². The Balaban J connectivity index is 1.57. The van der Waals surface area contributed by atoms with E-state index in [-0.39, 0.29) is 36.2 Å². The molecule has 1 aromatic rings. The van der Waals surface area contributed by atoms with Crippen molar-refractivity contribution in [2.24, 2.45) is 17.6 Å². The number of ether oxygens (including phenoxy) is 1. The molecule has 0 spiro atoms. The number of hydrogen-bond donors (Lipinski definition) is 1. The lowest BCUT2D eigenvalue weighted by Crippen LogP contribution is -2.57. The largest absolute Gasteiger partial charge is 0.376 e. The van der Waals surface area contributed by atoms with Gasteiger partial charge in [-0.15, -0.1) is 0 Å². The summed E-state index contributed by atoms with van der Waals surface area (Å²) in [4.78, 5) is 30.5. The fourth-order valence-electron chi connectivity index (χ4n) is 4.50. The molecule has 1 aliphatic heterocycles. The summed E-state index contributed by atoms with van der Waals surface area (Å²) in [5, 5.41) is 0. The van der Waals surface area contributed by atoms with Crippen molar-refractivity contribution in [1.82, 2.24) is 14.5 Å². The van der Waals surface area contributed by atoms with Crippen LogP contribution in [0, 0.1) is 11.8 Å². The summed E-state index contributed by atoms with van der Waals surface area (Å²) in [7, 11) is 0. The molecule has 2 N–H and O–H groups in total. The summed E-state index contributed by atoms with van der Waals surface area (Å²) in [6, 6.07) is 1.15. The molecule has 0 radical (unpaired) electrons. The number of nitrogens with zero attached hydrogens (tertiary/aromatic N) is 3. The first-order valence-electron chi connectivity index (χ1n) is 10.6. The molecule has 3 rings (SSSR count). The van der Waals surface area contributed by atoms with Gasteiger partial charge in [-0.05, 0) is 50.4 Å². The normalized spacial score (nSPS) is 28.5. The molecule has 0 bridgehead atoms. The number of carbonyl (C=O) groups is 1. The first kappa shape index (κ1) is 21.0. The van der Waals surface area contributed by atoms with Gasteiger partial charge in [0.15, 0.2) is 0 Å². The third-order valence-electron chi connectivity index (χ3n) is 6.41. The number of likely N-dealkylation sites (tertiary alicyclic amines) is 1. The van der Waals surface area contributed by atoms with Gasteiger partial charge in [0.05, 0.1) is 25.1 Å². The van der Waals surface area contributed by atoms with Crippen LogP contribution in [0.15, 0.2) is 23.4 Å². The highest BCUT2D eigenvalue weighted by Gasteiger charge is 2.34. The van der Waals surface area contributed by atoms with Crippen LogP contribution in [0.5, 0.6) is 0 Å². The smallest absolute Gasteiger partial charge is 0.253 e. The summed E-state index contributed by atoms with van der Waals surface area (Å²) < 4.78 is 7.56. The lowest BCUT2D eigenvalue weighted by Gasteiger charge is -2.41. The van der Waals surface area contributed by atoms with Crippen molar-refractivity contribution in [3.05, 3.63) is 28.9 Å². The number of hydrogen-bond acceptors (Lipinski definition) is 5. The second-order valence-electron chi connectivity index (χ2n) is 8.62. The van der Waals surface area contributed by atoms with Gasteiger partial charge >= 0.3 is 0 Å². The molecule has 0 aromatic carbocycles. The molecule has 2 atom stereocenters. The maximum absolute atomic E-state index is 12.9.